The second-order valence-corrected chi connectivity index (χ2v) is 9.85. The fourth-order valence-corrected chi connectivity index (χ4v) is 3.46. The van der Waals surface area contributed by atoms with Crippen LogP contribution in [0.25, 0.3) is 0 Å². The Hall–Kier alpha value is -1.48. The van der Waals surface area contributed by atoms with E-state index in [0.29, 0.717) is 18.8 Å². The van der Waals surface area contributed by atoms with Gasteiger partial charge in [-0.1, -0.05) is 20.8 Å². The number of anilines is 1. The maximum Gasteiger partial charge on any atom is 0.351 e. The first-order valence-electron chi connectivity index (χ1n) is 10.1. The number of rotatable bonds is 7. The second-order valence-electron chi connectivity index (χ2n) is 9.85. The molecule has 0 saturated carbocycles. The van der Waals surface area contributed by atoms with Crippen molar-refractivity contribution in [2.45, 2.75) is 85.0 Å². The topological polar surface area (TPSA) is 97.8 Å². The molecule has 4 atom stereocenters. The van der Waals surface area contributed by atoms with E-state index < -0.39 is 23.6 Å². The molecule has 1 fully saturated rings. The summed E-state index contributed by atoms with van der Waals surface area (Å²) >= 11 is 0. The van der Waals surface area contributed by atoms with Gasteiger partial charge in [0.25, 0.3) is 0 Å². The van der Waals surface area contributed by atoms with E-state index in [2.05, 4.69) is 25.8 Å². The Kier molecular flexibility index (Phi) is 7.48. The van der Waals surface area contributed by atoms with Crippen LogP contribution in [-0.2, 0) is 18.9 Å². The molecule has 2 rings (SSSR count). The minimum Gasteiger partial charge on any atom is -0.383 e. The fourth-order valence-electron chi connectivity index (χ4n) is 3.46. The van der Waals surface area contributed by atoms with Crippen molar-refractivity contribution < 1.29 is 18.9 Å². The first-order valence-corrected chi connectivity index (χ1v) is 10.1. The van der Waals surface area contributed by atoms with Gasteiger partial charge < -0.3 is 24.7 Å². The van der Waals surface area contributed by atoms with Crippen LogP contribution < -0.4 is 11.4 Å². The molecule has 0 spiro atoms. The normalized spacial score (nSPS) is 25.5. The molecule has 29 heavy (non-hydrogen) atoms. The molecule has 0 radical (unpaired) electrons. The van der Waals surface area contributed by atoms with Crippen LogP contribution in [0.4, 0.5) is 5.82 Å². The third-order valence-electron chi connectivity index (χ3n) is 4.63. The molecule has 1 saturated heterocycles. The van der Waals surface area contributed by atoms with Crippen LogP contribution in [0.5, 0.6) is 0 Å². The van der Waals surface area contributed by atoms with E-state index >= 15 is 0 Å². The van der Waals surface area contributed by atoms with Gasteiger partial charge in [0.1, 0.15) is 18.0 Å². The van der Waals surface area contributed by atoms with Crippen molar-refractivity contribution >= 4 is 5.82 Å². The maximum atomic E-state index is 12.6. The Morgan fingerprint density at radius 2 is 1.83 bits per heavy atom. The zero-order valence-corrected chi connectivity index (χ0v) is 19.0. The van der Waals surface area contributed by atoms with Crippen molar-refractivity contribution in [3.8, 4) is 0 Å². The van der Waals surface area contributed by atoms with Gasteiger partial charge in [-0.15, -0.1) is 0 Å². The third-order valence-corrected chi connectivity index (χ3v) is 4.63. The SMILES string of the molecule is COCCOC1[C@@H](OC(C)(C)C)[C@@H](CC(C)(C)C)O[C@H]1n1cc(C)c(N)nc1=O. The number of nitrogen functional groups attached to an aromatic ring is 1. The molecule has 0 aliphatic carbocycles. The highest BCUT2D eigenvalue weighted by Gasteiger charge is 2.49. The minimum atomic E-state index is -0.661. The summed E-state index contributed by atoms with van der Waals surface area (Å²) in [5.41, 5.74) is 5.65. The van der Waals surface area contributed by atoms with Crippen LogP contribution in [-0.4, -0.2) is 53.8 Å². The monoisotopic (exact) mass is 411 g/mol. The summed E-state index contributed by atoms with van der Waals surface area (Å²) in [6.45, 7) is 15.1. The Balaban J connectivity index is 2.46. The highest BCUT2D eigenvalue weighted by Crippen LogP contribution is 2.40. The number of aromatic nitrogens is 2. The van der Waals surface area contributed by atoms with Crippen molar-refractivity contribution in [3.05, 3.63) is 22.2 Å². The molecule has 2 heterocycles. The Morgan fingerprint density at radius 1 is 1.17 bits per heavy atom. The average molecular weight is 412 g/mol. The average Bonchev–Trinajstić information content (AvgIpc) is 2.85. The predicted molar refractivity (Wildman–Crippen MR) is 112 cm³/mol. The van der Waals surface area contributed by atoms with E-state index in [1.54, 1.807) is 13.3 Å². The van der Waals surface area contributed by atoms with Gasteiger partial charge in [0.15, 0.2) is 6.23 Å². The fraction of sp³-hybridized carbons (Fsp3) is 0.810. The summed E-state index contributed by atoms with van der Waals surface area (Å²) in [6.07, 6.45) is 0.697. The Morgan fingerprint density at radius 3 is 2.38 bits per heavy atom. The van der Waals surface area contributed by atoms with Crippen LogP contribution in [0.15, 0.2) is 11.0 Å². The van der Waals surface area contributed by atoms with Gasteiger partial charge in [-0.05, 0) is 39.5 Å². The van der Waals surface area contributed by atoms with Gasteiger partial charge in [0.05, 0.1) is 24.9 Å². The van der Waals surface area contributed by atoms with Crippen molar-refractivity contribution in [2.75, 3.05) is 26.1 Å². The van der Waals surface area contributed by atoms with Crippen molar-refractivity contribution in [2.24, 2.45) is 5.41 Å². The standard InChI is InChI=1S/C21H37N3O5/c1-13-12-24(19(25)23-17(13)22)18-16(27-10-9-26-8)15(29-21(5,6)7)14(28-18)11-20(2,3)4/h12,14-16,18H,9-11H2,1-8H3,(H2,22,23,25)/t14-,15+,16?,18-/m1/s1. The van der Waals surface area contributed by atoms with Gasteiger partial charge in [0.2, 0.25) is 0 Å². The lowest BCUT2D eigenvalue weighted by molar-refractivity contribution is -0.134. The summed E-state index contributed by atoms with van der Waals surface area (Å²) in [7, 11) is 1.62. The van der Waals surface area contributed by atoms with E-state index in [9.17, 15) is 4.79 Å². The molecule has 0 bridgehead atoms. The van der Waals surface area contributed by atoms with E-state index in [1.807, 2.05) is 27.7 Å². The molecule has 1 aromatic heterocycles. The minimum absolute atomic E-state index is 0.0103. The number of hydrogen-bond acceptors (Lipinski definition) is 7. The first kappa shape index (κ1) is 23.8. The third kappa shape index (κ3) is 6.50. The molecule has 0 amide bonds. The molecule has 1 aromatic rings. The molecule has 1 aliphatic heterocycles. The van der Waals surface area contributed by atoms with Crippen molar-refractivity contribution in [3.63, 3.8) is 0 Å². The van der Waals surface area contributed by atoms with Gasteiger partial charge in [-0.3, -0.25) is 4.57 Å². The summed E-state index contributed by atoms with van der Waals surface area (Å²) in [6, 6.07) is 0. The van der Waals surface area contributed by atoms with Crippen LogP contribution in [0.1, 0.15) is 59.8 Å². The highest BCUT2D eigenvalue weighted by atomic mass is 16.6. The molecule has 8 nitrogen and oxygen atoms in total. The van der Waals surface area contributed by atoms with E-state index in [1.165, 1.54) is 4.57 Å². The molecule has 1 aliphatic rings. The van der Waals surface area contributed by atoms with Crippen molar-refractivity contribution in [1.29, 1.82) is 0 Å². The van der Waals surface area contributed by atoms with Crippen LogP contribution in [0.2, 0.25) is 0 Å². The Bertz CT molecular complexity index is 735. The number of nitrogens with two attached hydrogens (primary N) is 1. The lowest BCUT2D eigenvalue weighted by atomic mass is 9.87. The molecule has 0 aromatic carbocycles. The molecule has 8 heteroatoms. The van der Waals surface area contributed by atoms with Crippen LogP contribution >= 0.6 is 0 Å². The van der Waals surface area contributed by atoms with Gasteiger partial charge in [0, 0.05) is 18.9 Å². The summed E-state index contributed by atoms with van der Waals surface area (Å²) in [4.78, 5) is 16.5. The lowest BCUT2D eigenvalue weighted by Gasteiger charge is -2.33. The summed E-state index contributed by atoms with van der Waals surface area (Å²) < 4.78 is 25.5. The maximum absolute atomic E-state index is 12.6. The number of nitrogens with zero attached hydrogens (tertiary/aromatic N) is 2. The lowest BCUT2D eigenvalue weighted by Crippen LogP contribution is -2.44. The number of ether oxygens (including phenoxy) is 4. The predicted octanol–water partition coefficient (Wildman–Crippen LogP) is 2.68. The number of aryl methyl sites for hydroxylation is 1. The largest absolute Gasteiger partial charge is 0.383 e. The number of hydrogen-bond donors (Lipinski definition) is 1. The highest BCUT2D eigenvalue weighted by molar-refractivity contribution is 5.35. The zero-order chi connectivity index (χ0) is 22.0. The van der Waals surface area contributed by atoms with E-state index in [0.717, 1.165) is 6.42 Å². The van der Waals surface area contributed by atoms with Crippen LogP contribution in [0, 0.1) is 12.3 Å². The number of methoxy groups -OCH3 is 1. The first-order chi connectivity index (χ1) is 13.3. The van der Waals surface area contributed by atoms with Gasteiger partial charge >= 0.3 is 5.69 Å². The van der Waals surface area contributed by atoms with Crippen LogP contribution in [0.3, 0.4) is 0 Å². The molecule has 2 N–H and O–H groups in total. The molecular weight excluding hydrogens is 374 g/mol. The molecule has 1 unspecified atom stereocenters. The van der Waals surface area contributed by atoms with Gasteiger partial charge in [-0.25, -0.2) is 4.79 Å². The summed E-state index contributed by atoms with van der Waals surface area (Å²) in [5.74, 6) is 0.217. The van der Waals surface area contributed by atoms with Gasteiger partial charge in [-0.2, -0.15) is 4.98 Å². The zero-order valence-electron chi connectivity index (χ0n) is 19.0. The van der Waals surface area contributed by atoms with Crippen molar-refractivity contribution in [1.82, 2.24) is 9.55 Å². The van der Waals surface area contributed by atoms with E-state index in [-0.39, 0.29) is 23.4 Å². The smallest absolute Gasteiger partial charge is 0.351 e. The second kappa shape index (κ2) is 9.12. The van der Waals surface area contributed by atoms with E-state index in [4.69, 9.17) is 24.7 Å². The summed E-state index contributed by atoms with van der Waals surface area (Å²) in [5, 5.41) is 0. The molecular formula is C21H37N3O5. The quantitative estimate of drug-likeness (QED) is 0.689. The molecule has 166 valence electrons. The Labute approximate surface area is 173 Å².